The number of hydrogen-bond acceptors (Lipinski definition) is 5. The quantitative estimate of drug-likeness (QED) is 0.836. The molecule has 7 heteroatoms. The Balaban J connectivity index is 2.42. The van der Waals surface area contributed by atoms with Crippen molar-refractivity contribution in [1.82, 2.24) is 4.31 Å². The molecule has 100 valence electrons. The highest BCUT2D eigenvalue weighted by molar-refractivity contribution is 7.89. The Labute approximate surface area is 106 Å². The zero-order valence-corrected chi connectivity index (χ0v) is 11.1. The summed E-state index contributed by atoms with van der Waals surface area (Å²) in [6.45, 7) is 0.672. The van der Waals surface area contributed by atoms with Crippen LogP contribution in [0.15, 0.2) is 23.1 Å². The molecule has 0 amide bonds. The van der Waals surface area contributed by atoms with Crippen LogP contribution in [0, 0.1) is 0 Å². The van der Waals surface area contributed by atoms with Crippen molar-refractivity contribution >= 4 is 10.0 Å². The van der Waals surface area contributed by atoms with Gasteiger partial charge >= 0.3 is 0 Å². The van der Waals surface area contributed by atoms with E-state index in [1.807, 2.05) is 0 Å². The van der Waals surface area contributed by atoms with Gasteiger partial charge in [0.15, 0.2) is 0 Å². The van der Waals surface area contributed by atoms with Gasteiger partial charge in [0.2, 0.25) is 10.0 Å². The molecular formula is C11H16N2O4S. The van der Waals surface area contributed by atoms with E-state index in [0.29, 0.717) is 24.6 Å². The van der Waals surface area contributed by atoms with Crippen molar-refractivity contribution in [2.45, 2.75) is 10.9 Å². The lowest BCUT2D eigenvalue weighted by Gasteiger charge is -2.35. The molecule has 0 aliphatic carbocycles. The molecule has 0 atom stereocenters. The zero-order valence-electron chi connectivity index (χ0n) is 10.3. The predicted octanol–water partition coefficient (Wildman–Crippen LogP) is 0.0354. The van der Waals surface area contributed by atoms with E-state index in [1.165, 1.54) is 24.6 Å². The van der Waals surface area contributed by atoms with Crippen molar-refractivity contribution in [3.05, 3.63) is 18.2 Å². The summed E-state index contributed by atoms with van der Waals surface area (Å²) in [5, 5.41) is 0. The molecular weight excluding hydrogens is 256 g/mol. The summed E-state index contributed by atoms with van der Waals surface area (Å²) in [4.78, 5) is 0.108. The molecule has 1 saturated heterocycles. The monoisotopic (exact) mass is 272 g/mol. The number of ether oxygens (including phenoxy) is 2. The maximum Gasteiger partial charge on any atom is 0.247 e. The third-order valence-corrected chi connectivity index (χ3v) is 4.72. The fraction of sp³-hybridized carbons (Fsp3) is 0.455. The summed E-state index contributed by atoms with van der Waals surface area (Å²) in [5.41, 5.74) is 5.61. The van der Waals surface area contributed by atoms with Crippen molar-refractivity contribution in [2.75, 3.05) is 27.3 Å². The molecule has 1 aliphatic rings. The fourth-order valence-corrected chi connectivity index (χ4v) is 3.51. The molecule has 0 saturated carbocycles. The first-order valence-electron chi connectivity index (χ1n) is 5.47. The number of benzene rings is 1. The number of nitrogens with zero attached hydrogens (tertiary/aromatic N) is 1. The average Bonchev–Trinajstić information content (AvgIpc) is 2.34. The van der Waals surface area contributed by atoms with E-state index in [2.05, 4.69) is 0 Å². The first kappa shape index (κ1) is 13.1. The first-order valence-corrected chi connectivity index (χ1v) is 6.91. The molecule has 0 radical (unpaired) electrons. The standard InChI is InChI=1S/C11H16N2O4S/c1-16-9-3-4-10(17-2)11(5-9)18(14,15)13-6-8(12)7-13/h3-5,8H,6-7,12H2,1-2H3. The van der Waals surface area contributed by atoms with Gasteiger partial charge in [0.1, 0.15) is 16.4 Å². The highest BCUT2D eigenvalue weighted by Gasteiger charge is 2.36. The second-order valence-corrected chi connectivity index (χ2v) is 6.01. The van der Waals surface area contributed by atoms with Gasteiger partial charge in [0.25, 0.3) is 0 Å². The van der Waals surface area contributed by atoms with E-state index < -0.39 is 10.0 Å². The van der Waals surface area contributed by atoms with Crippen molar-refractivity contribution in [2.24, 2.45) is 5.73 Å². The molecule has 1 aliphatic heterocycles. The average molecular weight is 272 g/mol. The van der Waals surface area contributed by atoms with Gasteiger partial charge in [-0.2, -0.15) is 4.31 Å². The van der Waals surface area contributed by atoms with E-state index in [-0.39, 0.29) is 10.9 Å². The minimum atomic E-state index is -3.56. The zero-order chi connectivity index (χ0) is 13.3. The Hall–Kier alpha value is -1.31. The second kappa shape index (κ2) is 4.75. The number of sulfonamides is 1. The summed E-state index contributed by atoms with van der Waals surface area (Å²) >= 11 is 0. The van der Waals surface area contributed by atoms with E-state index in [9.17, 15) is 8.42 Å². The van der Waals surface area contributed by atoms with Crippen LogP contribution in [0.25, 0.3) is 0 Å². The molecule has 0 unspecified atom stereocenters. The topological polar surface area (TPSA) is 81.9 Å². The summed E-state index contributed by atoms with van der Waals surface area (Å²) in [7, 11) is -0.645. The summed E-state index contributed by atoms with van der Waals surface area (Å²) in [5.74, 6) is 0.774. The minimum Gasteiger partial charge on any atom is -0.497 e. The predicted molar refractivity (Wildman–Crippen MR) is 66.3 cm³/mol. The van der Waals surface area contributed by atoms with Gasteiger partial charge in [0.05, 0.1) is 14.2 Å². The first-order chi connectivity index (χ1) is 8.48. The smallest absolute Gasteiger partial charge is 0.247 e. The largest absolute Gasteiger partial charge is 0.497 e. The molecule has 0 spiro atoms. The minimum absolute atomic E-state index is 0.0867. The van der Waals surface area contributed by atoms with Crippen molar-refractivity contribution in [3.8, 4) is 11.5 Å². The van der Waals surface area contributed by atoms with Crippen LogP contribution in [0.1, 0.15) is 0 Å². The van der Waals surface area contributed by atoms with Gasteiger partial charge < -0.3 is 15.2 Å². The molecule has 2 N–H and O–H groups in total. The maximum absolute atomic E-state index is 12.3. The molecule has 0 aromatic heterocycles. The Morgan fingerprint density at radius 2 is 1.94 bits per heavy atom. The Morgan fingerprint density at radius 1 is 1.28 bits per heavy atom. The van der Waals surface area contributed by atoms with Gasteiger partial charge in [-0.3, -0.25) is 0 Å². The lowest BCUT2D eigenvalue weighted by Crippen LogP contribution is -2.57. The Kier molecular flexibility index (Phi) is 3.47. The molecule has 0 bridgehead atoms. The van der Waals surface area contributed by atoms with Crippen LogP contribution in [0.4, 0.5) is 0 Å². The van der Waals surface area contributed by atoms with Crippen LogP contribution in [-0.2, 0) is 10.0 Å². The van der Waals surface area contributed by atoms with Crippen molar-refractivity contribution < 1.29 is 17.9 Å². The van der Waals surface area contributed by atoms with Gasteiger partial charge in [-0.05, 0) is 12.1 Å². The number of hydrogen-bond donors (Lipinski definition) is 1. The SMILES string of the molecule is COc1ccc(OC)c(S(=O)(=O)N2CC(N)C2)c1. The van der Waals surface area contributed by atoms with Crippen LogP contribution >= 0.6 is 0 Å². The lowest BCUT2D eigenvalue weighted by atomic mass is 10.2. The summed E-state index contributed by atoms with van der Waals surface area (Å²) < 4.78 is 36.1. The third kappa shape index (κ3) is 2.16. The molecule has 1 aromatic rings. The molecule has 1 fully saturated rings. The number of nitrogens with two attached hydrogens (primary N) is 1. The summed E-state index contributed by atoms with van der Waals surface area (Å²) in [6.07, 6.45) is 0. The molecule has 1 aromatic carbocycles. The molecule has 2 rings (SSSR count). The van der Waals surface area contributed by atoms with Crippen LogP contribution in [0.2, 0.25) is 0 Å². The van der Waals surface area contributed by atoms with E-state index in [0.717, 1.165) is 0 Å². The number of methoxy groups -OCH3 is 2. The van der Waals surface area contributed by atoms with Crippen LogP contribution < -0.4 is 15.2 Å². The third-order valence-electron chi connectivity index (χ3n) is 2.86. The van der Waals surface area contributed by atoms with Gasteiger partial charge in [0, 0.05) is 25.2 Å². The number of rotatable bonds is 4. The van der Waals surface area contributed by atoms with Crippen molar-refractivity contribution in [1.29, 1.82) is 0 Å². The second-order valence-electron chi connectivity index (χ2n) is 4.10. The van der Waals surface area contributed by atoms with Crippen LogP contribution in [0.3, 0.4) is 0 Å². The highest BCUT2D eigenvalue weighted by Crippen LogP contribution is 2.32. The Morgan fingerprint density at radius 3 is 2.44 bits per heavy atom. The Bertz CT molecular complexity index is 538. The maximum atomic E-state index is 12.3. The van der Waals surface area contributed by atoms with Gasteiger partial charge in [-0.1, -0.05) is 0 Å². The molecule has 1 heterocycles. The van der Waals surface area contributed by atoms with Gasteiger partial charge in [-0.25, -0.2) is 8.42 Å². The van der Waals surface area contributed by atoms with Crippen molar-refractivity contribution in [3.63, 3.8) is 0 Å². The fourth-order valence-electron chi connectivity index (χ4n) is 1.79. The van der Waals surface area contributed by atoms with E-state index >= 15 is 0 Å². The highest BCUT2D eigenvalue weighted by atomic mass is 32.2. The normalized spacial score (nSPS) is 17.3. The van der Waals surface area contributed by atoms with Crippen LogP contribution in [-0.4, -0.2) is 46.1 Å². The van der Waals surface area contributed by atoms with E-state index in [4.69, 9.17) is 15.2 Å². The molecule has 6 nitrogen and oxygen atoms in total. The summed E-state index contributed by atoms with van der Waals surface area (Å²) in [6, 6.07) is 4.60. The van der Waals surface area contributed by atoms with Gasteiger partial charge in [-0.15, -0.1) is 0 Å². The van der Waals surface area contributed by atoms with E-state index in [1.54, 1.807) is 12.1 Å². The molecule has 18 heavy (non-hydrogen) atoms. The van der Waals surface area contributed by atoms with Crippen LogP contribution in [0.5, 0.6) is 11.5 Å². The lowest BCUT2D eigenvalue weighted by molar-refractivity contribution is 0.264.